The SMILES string of the molecule is OC(Cc1cccc(Br)c1)Cc1ccccc1Br. The van der Waals surface area contributed by atoms with E-state index in [0.29, 0.717) is 12.8 Å². The van der Waals surface area contributed by atoms with Gasteiger partial charge in [-0.05, 0) is 42.2 Å². The fourth-order valence-corrected chi connectivity index (χ4v) is 2.82. The van der Waals surface area contributed by atoms with Crippen molar-refractivity contribution in [1.82, 2.24) is 0 Å². The van der Waals surface area contributed by atoms with Crippen molar-refractivity contribution in [2.75, 3.05) is 0 Å². The predicted molar refractivity (Wildman–Crippen MR) is 81.7 cm³/mol. The molecule has 2 aromatic carbocycles. The normalized spacial score (nSPS) is 12.4. The minimum atomic E-state index is -0.363. The number of rotatable bonds is 4. The predicted octanol–water partition coefficient (Wildman–Crippen LogP) is 4.36. The highest BCUT2D eigenvalue weighted by Crippen LogP contribution is 2.19. The summed E-state index contributed by atoms with van der Waals surface area (Å²) in [5, 5.41) is 10.1. The third-order valence-corrected chi connectivity index (χ3v) is 4.04. The number of aliphatic hydroxyl groups is 1. The molecule has 0 spiro atoms. The minimum absolute atomic E-state index is 0.363. The van der Waals surface area contributed by atoms with Crippen molar-refractivity contribution in [3.05, 3.63) is 68.6 Å². The van der Waals surface area contributed by atoms with Crippen molar-refractivity contribution in [1.29, 1.82) is 0 Å². The Bertz CT molecular complexity index is 525. The second-order valence-corrected chi connectivity index (χ2v) is 6.05. The van der Waals surface area contributed by atoms with E-state index in [1.165, 1.54) is 0 Å². The Balaban J connectivity index is 2.01. The second-order valence-electron chi connectivity index (χ2n) is 4.28. The van der Waals surface area contributed by atoms with E-state index in [1.54, 1.807) is 0 Å². The van der Waals surface area contributed by atoms with Crippen molar-refractivity contribution < 1.29 is 5.11 Å². The first kappa shape index (κ1) is 13.8. The molecule has 0 radical (unpaired) electrons. The first-order chi connectivity index (χ1) is 8.65. The second kappa shape index (κ2) is 6.50. The van der Waals surface area contributed by atoms with Crippen LogP contribution in [0.3, 0.4) is 0 Å². The Hall–Kier alpha value is -0.640. The van der Waals surface area contributed by atoms with Crippen molar-refractivity contribution in [2.45, 2.75) is 18.9 Å². The van der Waals surface area contributed by atoms with Gasteiger partial charge in [-0.15, -0.1) is 0 Å². The van der Waals surface area contributed by atoms with Crippen LogP contribution in [0.5, 0.6) is 0 Å². The fraction of sp³-hybridized carbons (Fsp3) is 0.200. The number of hydrogen-bond acceptors (Lipinski definition) is 1. The van der Waals surface area contributed by atoms with Crippen LogP contribution in [0.4, 0.5) is 0 Å². The molecule has 2 aromatic rings. The van der Waals surface area contributed by atoms with E-state index < -0.39 is 0 Å². The maximum Gasteiger partial charge on any atom is 0.0621 e. The highest BCUT2D eigenvalue weighted by molar-refractivity contribution is 9.10. The van der Waals surface area contributed by atoms with Gasteiger partial charge in [0, 0.05) is 8.95 Å². The highest BCUT2D eigenvalue weighted by atomic mass is 79.9. The molecule has 1 nitrogen and oxygen atoms in total. The van der Waals surface area contributed by atoms with Crippen LogP contribution in [0, 0.1) is 0 Å². The van der Waals surface area contributed by atoms with Gasteiger partial charge in [0.05, 0.1) is 6.10 Å². The van der Waals surface area contributed by atoms with E-state index in [-0.39, 0.29) is 6.10 Å². The maximum absolute atomic E-state index is 10.1. The van der Waals surface area contributed by atoms with Crippen LogP contribution in [0.15, 0.2) is 57.5 Å². The van der Waals surface area contributed by atoms with Gasteiger partial charge < -0.3 is 5.11 Å². The highest BCUT2D eigenvalue weighted by Gasteiger charge is 2.09. The molecule has 94 valence electrons. The molecule has 0 aliphatic rings. The lowest BCUT2D eigenvalue weighted by Gasteiger charge is -2.12. The van der Waals surface area contributed by atoms with Crippen molar-refractivity contribution >= 4 is 31.9 Å². The summed E-state index contributed by atoms with van der Waals surface area (Å²) >= 11 is 6.94. The summed E-state index contributed by atoms with van der Waals surface area (Å²) in [4.78, 5) is 0. The van der Waals surface area contributed by atoms with Crippen LogP contribution in [0.25, 0.3) is 0 Å². The third-order valence-electron chi connectivity index (χ3n) is 2.77. The van der Waals surface area contributed by atoms with Gasteiger partial charge in [-0.1, -0.05) is 62.2 Å². The average molecular weight is 370 g/mol. The molecule has 0 fully saturated rings. The number of aliphatic hydroxyl groups excluding tert-OH is 1. The Morgan fingerprint density at radius 1 is 0.944 bits per heavy atom. The topological polar surface area (TPSA) is 20.2 Å². The van der Waals surface area contributed by atoms with Crippen molar-refractivity contribution in [2.24, 2.45) is 0 Å². The molecule has 1 atom stereocenters. The maximum atomic E-state index is 10.1. The Labute approximate surface area is 124 Å². The summed E-state index contributed by atoms with van der Waals surface area (Å²) in [5.41, 5.74) is 2.28. The van der Waals surface area contributed by atoms with E-state index in [1.807, 2.05) is 48.5 Å². The molecule has 18 heavy (non-hydrogen) atoms. The first-order valence-electron chi connectivity index (χ1n) is 5.81. The molecule has 1 N–H and O–H groups in total. The van der Waals surface area contributed by atoms with Crippen molar-refractivity contribution in [3.8, 4) is 0 Å². The van der Waals surface area contributed by atoms with E-state index in [9.17, 15) is 5.11 Å². The molecule has 0 heterocycles. The van der Waals surface area contributed by atoms with E-state index in [0.717, 1.165) is 20.1 Å². The average Bonchev–Trinajstić information content (AvgIpc) is 2.32. The molecule has 0 saturated heterocycles. The molecule has 1 unspecified atom stereocenters. The summed E-state index contributed by atoms with van der Waals surface area (Å²) in [5.74, 6) is 0. The lowest BCUT2D eigenvalue weighted by atomic mass is 10.0. The van der Waals surface area contributed by atoms with Gasteiger partial charge in [0.1, 0.15) is 0 Å². The smallest absolute Gasteiger partial charge is 0.0621 e. The lowest BCUT2D eigenvalue weighted by Crippen LogP contribution is -2.14. The van der Waals surface area contributed by atoms with E-state index in [4.69, 9.17) is 0 Å². The summed E-state index contributed by atoms with van der Waals surface area (Å²) in [6.45, 7) is 0. The quantitative estimate of drug-likeness (QED) is 0.848. The van der Waals surface area contributed by atoms with Gasteiger partial charge in [0.25, 0.3) is 0 Å². The fourth-order valence-electron chi connectivity index (χ4n) is 1.93. The molecule has 3 heteroatoms. The molecule has 0 amide bonds. The van der Waals surface area contributed by atoms with Gasteiger partial charge >= 0.3 is 0 Å². The van der Waals surface area contributed by atoms with Gasteiger partial charge in [0.2, 0.25) is 0 Å². The Kier molecular flexibility index (Phi) is 4.98. The zero-order valence-electron chi connectivity index (χ0n) is 9.81. The van der Waals surface area contributed by atoms with Crippen LogP contribution in [0.2, 0.25) is 0 Å². The molecule has 2 rings (SSSR count). The molecular formula is C15H14Br2O. The molecule has 0 aliphatic heterocycles. The van der Waals surface area contributed by atoms with Gasteiger partial charge in [0.15, 0.2) is 0 Å². The summed E-state index contributed by atoms with van der Waals surface area (Å²) in [7, 11) is 0. The summed E-state index contributed by atoms with van der Waals surface area (Å²) < 4.78 is 2.10. The number of hydrogen-bond donors (Lipinski definition) is 1. The lowest BCUT2D eigenvalue weighted by molar-refractivity contribution is 0.175. The third kappa shape index (κ3) is 3.94. The summed E-state index contributed by atoms with van der Waals surface area (Å²) in [6.07, 6.45) is 0.965. The zero-order chi connectivity index (χ0) is 13.0. The largest absolute Gasteiger partial charge is 0.392 e. The molecule has 0 saturated carbocycles. The number of benzene rings is 2. The standard InChI is InChI=1S/C15H14Br2O/c16-13-6-3-4-11(8-13)9-14(18)10-12-5-1-2-7-15(12)17/h1-8,14,18H,9-10H2. The molecule has 0 aromatic heterocycles. The molecule has 0 bridgehead atoms. The van der Waals surface area contributed by atoms with Crippen LogP contribution in [-0.2, 0) is 12.8 Å². The first-order valence-corrected chi connectivity index (χ1v) is 7.39. The van der Waals surface area contributed by atoms with Gasteiger partial charge in [-0.25, -0.2) is 0 Å². The van der Waals surface area contributed by atoms with Crippen LogP contribution >= 0.6 is 31.9 Å². The van der Waals surface area contributed by atoms with Gasteiger partial charge in [-0.2, -0.15) is 0 Å². The monoisotopic (exact) mass is 368 g/mol. The summed E-state index contributed by atoms with van der Waals surface area (Å²) in [6, 6.07) is 16.1. The van der Waals surface area contributed by atoms with Crippen LogP contribution in [-0.4, -0.2) is 11.2 Å². The number of halogens is 2. The van der Waals surface area contributed by atoms with Gasteiger partial charge in [-0.3, -0.25) is 0 Å². The molecular weight excluding hydrogens is 356 g/mol. The Morgan fingerprint density at radius 3 is 2.44 bits per heavy atom. The minimum Gasteiger partial charge on any atom is -0.392 e. The van der Waals surface area contributed by atoms with E-state index in [2.05, 4.69) is 31.9 Å². The zero-order valence-corrected chi connectivity index (χ0v) is 13.0. The van der Waals surface area contributed by atoms with Crippen LogP contribution in [0.1, 0.15) is 11.1 Å². The Morgan fingerprint density at radius 2 is 1.72 bits per heavy atom. The molecule has 0 aliphatic carbocycles. The van der Waals surface area contributed by atoms with E-state index >= 15 is 0 Å². The van der Waals surface area contributed by atoms with Crippen molar-refractivity contribution in [3.63, 3.8) is 0 Å². The van der Waals surface area contributed by atoms with Crippen LogP contribution < -0.4 is 0 Å².